The van der Waals surface area contributed by atoms with Gasteiger partial charge in [0.15, 0.2) is 5.13 Å². The number of thioether (sulfide) groups is 2. The van der Waals surface area contributed by atoms with Gasteiger partial charge in [-0.3, -0.25) is 14.5 Å². The topological polar surface area (TPSA) is 139 Å². The standard InChI is InChI=1S/C17H17N5O4S4/c1-7-3-29-17(19-7)30-5-8-4-27-14-11(13(24)22(14)12(8)15(25)26)21-10(23)2-9-6-28-16(18)20-9/h3,6,11,14H,2,4-5H2,1H3,(H2,18,20)(H,21,23)(H,25,26)/t11?,14-/m1/s1. The number of hydrogen-bond donors (Lipinski definition) is 3. The number of nitrogen functional groups attached to an aromatic ring is 1. The number of carbonyl (C=O) groups excluding carboxylic acids is 2. The second-order valence-corrected chi connectivity index (χ2v) is 10.7. The van der Waals surface area contributed by atoms with Gasteiger partial charge in [0.2, 0.25) is 5.91 Å². The molecule has 1 unspecified atom stereocenters. The largest absolute Gasteiger partial charge is 0.477 e. The molecule has 2 amide bonds. The fourth-order valence-electron chi connectivity index (χ4n) is 3.13. The van der Waals surface area contributed by atoms with E-state index in [1.54, 1.807) is 5.38 Å². The van der Waals surface area contributed by atoms with Crippen molar-refractivity contribution in [3.05, 3.63) is 33.4 Å². The van der Waals surface area contributed by atoms with Crippen molar-refractivity contribution in [3.63, 3.8) is 0 Å². The number of nitrogens with one attached hydrogen (secondary N) is 1. The molecule has 9 nitrogen and oxygen atoms in total. The number of nitrogens with two attached hydrogens (primary N) is 1. The first-order valence-electron chi connectivity index (χ1n) is 8.77. The van der Waals surface area contributed by atoms with Crippen LogP contribution in [-0.4, -0.2) is 60.7 Å². The third kappa shape index (κ3) is 4.19. The zero-order chi connectivity index (χ0) is 21.4. The van der Waals surface area contributed by atoms with Crippen LogP contribution in [-0.2, 0) is 20.8 Å². The van der Waals surface area contributed by atoms with Crippen LogP contribution in [0.2, 0.25) is 0 Å². The van der Waals surface area contributed by atoms with Gasteiger partial charge >= 0.3 is 5.97 Å². The summed E-state index contributed by atoms with van der Waals surface area (Å²) >= 11 is 5.66. The van der Waals surface area contributed by atoms with Gasteiger partial charge in [0.1, 0.15) is 21.5 Å². The van der Waals surface area contributed by atoms with E-state index in [-0.39, 0.29) is 18.0 Å². The number of aromatic nitrogens is 2. The number of nitrogens with zero attached hydrogens (tertiary/aromatic N) is 3. The van der Waals surface area contributed by atoms with Crippen LogP contribution in [0.4, 0.5) is 5.13 Å². The summed E-state index contributed by atoms with van der Waals surface area (Å²) in [6, 6.07) is -0.747. The summed E-state index contributed by atoms with van der Waals surface area (Å²) in [6.45, 7) is 1.90. The van der Waals surface area contributed by atoms with E-state index in [4.69, 9.17) is 5.73 Å². The number of carbonyl (C=O) groups is 3. The maximum atomic E-state index is 12.7. The zero-order valence-corrected chi connectivity index (χ0v) is 18.9. The molecule has 1 fully saturated rings. The molecule has 2 atom stereocenters. The molecule has 4 heterocycles. The third-order valence-corrected chi connectivity index (χ3v) is 8.73. The molecule has 0 aromatic carbocycles. The molecule has 2 aromatic rings. The lowest BCUT2D eigenvalue weighted by Crippen LogP contribution is -2.70. The van der Waals surface area contributed by atoms with E-state index in [9.17, 15) is 19.5 Å². The lowest BCUT2D eigenvalue weighted by atomic mass is 10.0. The predicted octanol–water partition coefficient (Wildman–Crippen LogP) is 1.56. The summed E-state index contributed by atoms with van der Waals surface area (Å²) in [4.78, 5) is 46.5. The Morgan fingerprint density at radius 2 is 2.17 bits per heavy atom. The van der Waals surface area contributed by atoms with Crippen LogP contribution in [0.15, 0.2) is 26.4 Å². The lowest BCUT2D eigenvalue weighted by molar-refractivity contribution is -0.150. The van der Waals surface area contributed by atoms with E-state index in [1.165, 1.54) is 51.1 Å². The fourth-order valence-corrected chi connectivity index (χ4v) is 7.03. The number of β-lactam (4-membered cyclic amide) rings is 1. The van der Waals surface area contributed by atoms with Crippen molar-refractivity contribution in [2.75, 3.05) is 17.2 Å². The minimum absolute atomic E-state index is 0.0160. The Hall–Kier alpha value is -2.09. The molecular formula is C17H17N5O4S4. The van der Waals surface area contributed by atoms with Gasteiger partial charge in [-0.15, -0.1) is 34.4 Å². The van der Waals surface area contributed by atoms with Crippen molar-refractivity contribution in [1.29, 1.82) is 0 Å². The molecule has 2 aliphatic rings. The van der Waals surface area contributed by atoms with Gasteiger partial charge < -0.3 is 16.2 Å². The smallest absolute Gasteiger partial charge is 0.352 e. The highest BCUT2D eigenvalue weighted by Crippen LogP contribution is 2.41. The molecule has 2 aromatic heterocycles. The quantitative estimate of drug-likeness (QED) is 0.395. The Morgan fingerprint density at radius 3 is 2.80 bits per heavy atom. The summed E-state index contributed by atoms with van der Waals surface area (Å²) < 4.78 is 0.861. The van der Waals surface area contributed by atoms with Gasteiger partial charge in [-0.2, -0.15) is 0 Å². The lowest BCUT2D eigenvalue weighted by Gasteiger charge is -2.49. The first-order valence-corrected chi connectivity index (χ1v) is 12.6. The second kappa shape index (κ2) is 8.57. The van der Waals surface area contributed by atoms with Crippen molar-refractivity contribution in [2.24, 2.45) is 0 Å². The van der Waals surface area contributed by atoms with E-state index >= 15 is 0 Å². The maximum absolute atomic E-state index is 12.7. The molecule has 2 aliphatic heterocycles. The van der Waals surface area contributed by atoms with Crippen LogP contribution < -0.4 is 11.1 Å². The number of anilines is 1. The van der Waals surface area contributed by atoms with Crippen LogP contribution in [0, 0.1) is 6.92 Å². The SMILES string of the molecule is Cc1csc(SCC2=C(C(=O)O)N3C(=O)C(NC(=O)Cc4csc(N)n4)[C@H]3SC2)n1. The molecule has 30 heavy (non-hydrogen) atoms. The Kier molecular flexibility index (Phi) is 6.04. The monoisotopic (exact) mass is 483 g/mol. The number of fused-ring (bicyclic) bond motifs is 1. The van der Waals surface area contributed by atoms with Gasteiger partial charge in [-0.25, -0.2) is 14.8 Å². The molecule has 158 valence electrons. The fraction of sp³-hybridized carbons (Fsp3) is 0.353. The van der Waals surface area contributed by atoms with Crippen molar-refractivity contribution in [1.82, 2.24) is 20.2 Å². The van der Waals surface area contributed by atoms with Crippen molar-refractivity contribution in [3.8, 4) is 0 Å². The second-order valence-electron chi connectivity index (χ2n) is 6.61. The summed E-state index contributed by atoms with van der Waals surface area (Å²) in [7, 11) is 0. The minimum Gasteiger partial charge on any atom is -0.477 e. The van der Waals surface area contributed by atoms with Gasteiger partial charge in [0.25, 0.3) is 5.91 Å². The summed E-state index contributed by atoms with van der Waals surface area (Å²) in [5, 5.41) is 16.0. The Morgan fingerprint density at radius 1 is 1.37 bits per heavy atom. The highest BCUT2D eigenvalue weighted by atomic mass is 32.2. The predicted molar refractivity (Wildman–Crippen MR) is 117 cm³/mol. The van der Waals surface area contributed by atoms with Crippen LogP contribution in [0.5, 0.6) is 0 Å². The molecule has 0 saturated carbocycles. The van der Waals surface area contributed by atoms with Crippen molar-refractivity contribution in [2.45, 2.75) is 29.1 Å². The molecule has 0 bridgehead atoms. The van der Waals surface area contributed by atoms with E-state index in [0.717, 1.165) is 10.0 Å². The Balaban J connectivity index is 1.43. The normalized spacial score (nSPS) is 20.7. The third-order valence-electron chi connectivity index (χ3n) is 4.45. The highest BCUT2D eigenvalue weighted by Gasteiger charge is 2.54. The average Bonchev–Trinajstić information content (AvgIpc) is 3.31. The molecule has 13 heteroatoms. The first kappa shape index (κ1) is 21.2. The van der Waals surface area contributed by atoms with Crippen molar-refractivity contribution < 1.29 is 19.5 Å². The molecular weight excluding hydrogens is 466 g/mol. The van der Waals surface area contributed by atoms with E-state index in [2.05, 4.69) is 15.3 Å². The Bertz CT molecular complexity index is 1050. The van der Waals surface area contributed by atoms with Crippen LogP contribution in [0.25, 0.3) is 0 Å². The number of carboxylic acid groups (broad SMARTS) is 1. The minimum atomic E-state index is -1.14. The van der Waals surface area contributed by atoms with Crippen LogP contribution in [0.3, 0.4) is 0 Å². The van der Waals surface area contributed by atoms with Gasteiger partial charge in [0, 0.05) is 28.0 Å². The van der Waals surface area contributed by atoms with Gasteiger partial charge in [-0.1, -0.05) is 11.8 Å². The van der Waals surface area contributed by atoms with Gasteiger partial charge in [-0.05, 0) is 12.5 Å². The molecule has 0 spiro atoms. The number of carboxylic acids is 1. The Labute approximate surface area is 188 Å². The number of aryl methyl sites for hydroxylation is 1. The van der Waals surface area contributed by atoms with E-state index in [0.29, 0.717) is 27.9 Å². The van der Waals surface area contributed by atoms with Gasteiger partial charge in [0.05, 0.1) is 12.1 Å². The number of thiazole rings is 2. The average molecular weight is 484 g/mol. The zero-order valence-electron chi connectivity index (χ0n) is 15.7. The molecule has 4 rings (SSSR count). The van der Waals surface area contributed by atoms with E-state index in [1.807, 2.05) is 12.3 Å². The highest BCUT2D eigenvalue weighted by molar-refractivity contribution is 8.01. The number of hydrogen-bond acceptors (Lipinski definition) is 10. The first-order chi connectivity index (χ1) is 14.3. The molecule has 0 radical (unpaired) electrons. The molecule has 4 N–H and O–H groups in total. The molecule has 1 saturated heterocycles. The number of aliphatic carboxylic acids is 1. The maximum Gasteiger partial charge on any atom is 0.352 e. The summed E-state index contributed by atoms with van der Waals surface area (Å²) in [5.74, 6) is -0.978. The summed E-state index contributed by atoms with van der Waals surface area (Å²) in [5.41, 5.74) is 7.72. The number of amides is 2. The van der Waals surface area contributed by atoms with Crippen LogP contribution >= 0.6 is 46.2 Å². The van der Waals surface area contributed by atoms with E-state index < -0.39 is 23.3 Å². The van der Waals surface area contributed by atoms with Crippen LogP contribution in [0.1, 0.15) is 11.4 Å². The molecule has 0 aliphatic carbocycles. The number of rotatable bonds is 7. The van der Waals surface area contributed by atoms with Crippen molar-refractivity contribution >= 4 is 69.1 Å². The summed E-state index contributed by atoms with van der Waals surface area (Å²) in [6.07, 6.45) is 0.0195.